The Morgan fingerprint density at radius 1 is 1.45 bits per heavy atom. The fourth-order valence-corrected chi connectivity index (χ4v) is 4.01. The van der Waals surface area contributed by atoms with Crippen LogP contribution in [-0.4, -0.2) is 0 Å². The normalized spacial score (nSPS) is 56.4. The Labute approximate surface area is 68.7 Å². The van der Waals surface area contributed by atoms with E-state index < -0.39 is 0 Å². The van der Waals surface area contributed by atoms with Crippen LogP contribution in [0.2, 0.25) is 0 Å². The maximum absolute atomic E-state index is 4.17. The molecule has 0 aromatic heterocycles. The molecule has 3 aliphatic carbocycles. The van der Waals surface area contributed by atoms with E-state index in [9.17, 15) is 0 Å². The molecule has 3 unspecified atom stereocenters. The summed E-state index contributed by atoms with van der Waals surface area (Å²) < 4.78 is 0. The van der Waals surface area contributed by atoms with Crippen molar-refractivity contribution in [3.8, 4) is 0 Å². The third-order valence-corrected chi connectivity index (χ3v) is 4.86. The summed E-state index contributed by atoms with van der Waals surface area (Å²) in [5, 5.41) is 0. The standard InChI is InChI=1S/C11H16/c1-7-4-5-9-10(2,3)11(9)6-8(7)11/h8-9H,1,4-6H2,2-3H3. The molecule has 3 atom stereocenters. The molecule has 0 nitrogen and oxygen atoms in total. The summed E-state index contributed by atoms with van der Waals surface area (Å²) in [4.78, 5) is 0. The van der Waals surface area contributed by atoms with Crippen LogP contribution in [0.15, 0.2) is 12.2 Å². The van der Waals surface area contributed by atoms with E-state index in [0.717, 1.165) is 17.3 Å². The van der Waals surface area contributed by atoms with Crippen LogP contribution in [0, 0.1) is 22.7 Å². The first kappa shape index (κ1) is 6.28. The van der Waals surface area contributed by atoms with Gasteiger partial charge in [-0.2, -0.15) is 0 Å². The minimum Gasteiger partial charge on any atom is -0.0996 e. The molecule has 0 heteroatoms. The predicted molar refractivity (Wildman–Crippen MR) is 46.2 cm³/mol. The molecule has 1 spiro atoms. The Hall–Kier alpha value is -0.260. The Morgan fingerprint density at radius 3 is 2.82 bits per heavy atom. The van der Waals surface area contributed by atoms with E-state index in [-0.39, 0.29) is 0 Å². The molecule has 60 valence electrons. The van der Waals surface area contributed by atoms with Crippen molar-refractivity contribution in [3.05, 3.63) is 12.2 Å². The average Bonchev–Trinajstić information content (AvgIpc) is 2.72. The lowest BCUT2D eigenvalue weighted by Gasteiger charge is -2.08. The number of hydrogen-bond donors (Lipinski definition) is 0. The highest BCUT2D eigenvalue weighted by molar-refractivity contribution is 5.38. The van der Waals surface area contributed by atoms with Crippen LogP contribution in [0.5, 0.6) is 0 Å². The zero-order chi connectivity index (χ0) is 7.85. The Kier molecular flexibility index (Phi) is 0.753. The third-order valence-electron chi connectivity index (χ3n) is 4.86. The quantitative estimate of drug-likeness (QED) is 0.463. The van der Waals surface area contributed by atoms with Crippen molar-refractivity contribution in [1.29, 1.82) is 0 Å². The van der Waals surface area contributed by atoms with Gasteiger partial charge in [0.05, 0.1) is 0 Å². The van der Waals surface area contributed by atoms with Crippen LogP contribution >= 0.6 is 0 Å². The molecule has 3 saturated carbocycles. The predicted octanol–water partition coefficient (Wildman–Crippen LogP) is 3.00. The molecule has 0 bridgehead atoms. The molecule has 0 heterocycles. The van der Waals surface area contributed by atoms with Crippen molar-refractivity contribution >= 4 is 0 Å². The minimum atomic E-state index is 0.678. The monoisotopic (exact) mass is 148 g/mol. The maximum atomic E-state index is 4.17. The van der Waals surface area contributed by atoms with Crippen LogP contribution in [0.3, 0.4) is 0 Å². The highest BCUT2D eigenvalue weighted by atomic mass is 14.9. The maximum Gasteiger partial charge on any atom is -0.0135 e. The Balaban J connectivity index is 2.01. The molecule has 3 aliphatic rings. The van der Waals surface area contributed by atoms with Crippen LogP contribution < -0.4 is 0 Å². The van der Waals surface area contributed by atoms with Gasteiger partial charge in [0.1, 0.15) is 0 Å². The van der Waals surface area contributed by atoms with E-state index in [1.165, 1.54) is 19.3 Å². The highest BCUT2D eigenvalue weighted by Gasteiger charge is 2.83. The van der Waals surface area contributed by atoms with Crippen LogP contribution in [0.25, 0.3) is 0 Å². The first-order chi connectivity index (χ1) is 5.11. The summed E-state index contributed by atoms with van der Waals surface area (Å²) in [7, 11) is 0. The summed E-state index contributed by atoms with van der Waals surface area (Å²) in [5.74, 6) is 2.00. The van der Waals surface area contributed by atoms with Gasteiger partial charge in [0.2, 0.25) is 0 Å². The van der Waals surface area contributed by atoms with Gasteiger partial charge in [0, 0.05) is 0 Å². The second-order valence-electron chi connectivity index (χ2n) is 5.27. The molecule has 0 amide bonds. The van der Waals surface area contributed by atoms with Gasteiger partial charge in [0.25, 0.3) is 0 Å². The van der Waals surface area contributed by atoms with Crippen molar-refractivity contribution in [3.63, 3.8) is 0 Å². The van der Waals surface area contributed by atoms with Gasteiger partial charge >= 0.3 is 0 Å². The summed E-state index contributed by atoms with van der Waals surface area (Å²) >= 11 is 0. The van der Waals surface area contributed by atoms with Gasteiger partial charge in [-0.3, -0.25) is 0 Å². The average molecular weight is 148 g/mol. The summed E-state index contributed by atoms with van der Waals surface area (Å²) in [6.07, 6.45) is 4.23. The van der Waals surface area contributed by atoms with E-state index in [1.54, 1.807) is 5.57 Å². The zero-order valence-corrected chi connectivity index (χ0v) is 7.48. The van der Waals surface area contributed by atoms with Crippen molar-refractivity contribution < 1.29 is 0 Å². The molecule has 0 aliphatic heterocycles. The molecule has 11 heavy (non-hydrogen) atoms. The summed E-state index contributed by atoms with van der Waals surface area (Å²) in [5.41, 5.74) is 3.02. The summed E-state index contributed by atoms with van der Waals surface area (Å²) in [6, 6.07) is 0. The summed E-state index contributed by atoms with van der Waals surface area (Å²) in [6.45, 7) is 9.08. The van der Waals surface area contributed by atoms with E-state index in [2.05, 4.69) is 20.4 Å². The lowest BCUT2D eigenvalue weighted by atomic mass is 9.97. The van der Waals surface area contributed by atoms with Crippen molar-refractivity contribution in [2.45, 2.75) is 33.1 Å². The van der Waals surface area contributed by atoms with Crippen LogP contribution in [-0.2, 0) is 0 Å². The van der Waals surface area contributed by atoms with Crippen LogP contribution in [0.1, 0.15) is 33.1 Å². The fourth-order valence-electron chi connectivity index (χ4n) is 4.01. The smallest absolute Gasteiger partial charge is 0.0135 e. The lowest BCUT2D eigenvalue weighted by Crippen LogP contribution is -1.97. The number of allylic oxidation sites excluding steroid dienone is 1. The second kappa shape index (κ2) is 1.32. The van der Waals surface area contributed by atoms with Crippen molar-refractivity contribution in [1.82, 2.24) is 0 Å². The van der Waals surface area contributed by atoms with E-state index in [4.69, 9.17) is 0 Å². The number of rotatable bonds is 0. The minimum absolute atomic E-state index is 0.678. The second-order valence-corrected chi connectivity index (χ2v) is 5.27. The van der Waals surface area contributed by atoms with Gasteiger partial charge in [-0.15, -0.1) is 0 Å². The molecule has 3 rings (SSSR count). The highest BCUT2D eigenvalue weighted by Crippen LogP contribution is 2.89. The van der Waals surface area contributed by atoms with Gasteiger partial charge in [-0.05, 0) is 41.9 Å². The molecule has 0 saturated heterocycles. The molecule has 0 N–H and O–H groups in total. The number of hydrogen-bond acceptors (Lipinski definition) is 0. The molecular weight excluding hydrogens is 132 g/mol. The molecule has 0 aromatic rings. The lowest BCUT2D eigenvalue weighted by molar-refractivity contribution is 0.526. The van der Waals surface area contributed by atoms with Gasteiger partial charge in [0.15, 0.2) is 0 Å². The third kappa shape index (κ3) is 0.432. The van der Waals surface area contributed by atoms with Gasteiger partial charge in [-0.1, -0.05) is 26.0 Å². The zero-order valence-electron chi connectivity index (χ0n) is 7.48. The largest absolute Gasteiger partial charge is 0.0996 e. The molecular formula is C11H16. The Bertz CT molecular complexity index is 249. The van der Waals surface area contributed by atoms with E-state index in [1.807, 2.05) is 0 Å². The first-order valence-corrected chi connectivity index (χ1v) is 4.78. The van der Waals surface area contributed by atoms with Crippen molar-refractivity contribution in [2.75, 3.05) is 0 Å². The molecule has 3 fully saturated rings. The fraction of sp³-hybridized carbons (Fsp3) is 0.818. The van der Waals surface area contributed by atoms with Gasteiger partial charge in [-0.25, -0.2) is 0 Å². The van der Waals surface area contributed by atoms with Crippen LogP contribution in [0.4, 0.5) is 0 Å². The van der Waals surface area contributed by atoms with Gasteiger partial charge < -0.3 is 0 Å². The molecule has 0 radical (unpaired) electrons. The molecule has 0 aromatic carbocycles. The Morgan fingerprint density at radius 2 is 2.18 bits per heavy atom. The topological polar surface area (TPSA) is 0 Å². The van der Waals surface area contributed by atoms with Crippen molar-refractivity contribution in [2.24, 2.45) is 22.7 Å². The van der Waals surface area contributed by atoms with E-state index >= 15 is 0 Å². The van der Waals surface area contributed by atoms with E-state index in [0.29, 0.717) is 5.41 Å². The SMILES string of the molecule is C=C1CCC2C(C)(C)C23CC13. The first-order valence-electron chi connectivity index (χ1n) is 4.78.